The van der Waals surface area contributed by atoms with Crippen LogP contribution in [0.15, 0.2) is 41.0 Å². The average molecular weight is 329 g/mol. The maximum Gasteiger partial charge on any atom is 0.264 e. The Bertz CT molecular complexity index is 792. The molecule has 0 bridgehead atoms. The number of carbonyl (C=O) groups is 1. The summed E-state index contributed by atoms with van der Waals surface area (Å²) in [6, 6.07) is 9.38. The van der Waals surface area contributed by atoms with Gasteiger partial charge in [-0.1, -0.05) is 17.4 Å². The van der Waals surface area contributed by atoms with Crippen molar-refractivity contribution in [1.82, 2.24) is 10.2 Å². The first kappa shape index (κ1) is 15.2. The van der Waals surface area contributed by atoms with Gasteiger partial charge < -0.3 is 9.15 Å². The molecule has 0 aliphatic rings. The van der Waals surface area contributed by atoms with Crippen LogP contribution in [0.5, 0.6) is 5.75 Å². The molecule has 2 aromatic heterocycles. The molecule has 0 unspecified atom stereocenters. The number of anilines is 1. The Morgan fingerprint density at radius 3 is 2.74 bits per heavy atom. The van der Waals surface area contributed by atoms with Crippen molar-refractivity contribution >= 4 is 22.4 Å². The molecule has 0 atom stereocenters. The lowest BCUT2D eigenvalue weighted by molar-refractivity contribution is -0.118. The van der Waals surface area contributed by atoms with Crippen LogP contribution >= 0.6 is 11.3 Å². The standard InChI is InChI=1S/C16H15N3O3S/c1-10-6-11(2)8-12(7-10)22-9-14(20)17-16-19-18-15(23-16)13-4-3-5-21-13/h3-8H,9H2,1-2H3,(H,17,19,20). The van der Waals surface area contributed by atoms with Crippen molar-refractivity contribution in [1.29, 1.82) is 0 Å². The Balaban J connectivity index is 1.57. The first-order chi connectivity index (χ1) is 11.1. The molecular weight excluding hydrogens is 314 g/mol. The predicted molar refractivity (Wildman–Crippen MR) is 87.7 cm³/mol. The molecule has 6 nitrogen and oxygen atoms in total. The highest BCUT2D eigenvalue weighted by atomic mass is 32.1. The van der Waals surface area contributed by atoms with Gasteiger partial charge in [0.15, 0.2) is 17.4 Å². The molecule has 1 aromatic carbocycles. The molecule has 3 rings (SSSR count). The molecular formula is C16H15N3O3S. The number of hydrogen-bond acceptors (Lipinski definition) is 6. The summed E-state index contributed by atoms with van der Waals surface area (Å²) in [5.74, 6) is 1.01. The quantitative estimate of drug-likeness (QED) is 0.776. The minimum absolute atomic E-state index is 0.0848. The number of hydrogen-bond donors (Lipinski definition) is 1. The summed E-state index contributed by atoms with van der Waals surface area (Å²) in [6.07, 6.45) is 1.56. The van der Waals surface area contributed by atoms with Gasteiger partial charge in [0.25, 0.3) is 5.91 Å². The first-order valence-electron chi connectivity index (χ1n) is 6.98. The van der Waals surface area contributed by atoms with E-state index >= 15 is 0 Å². The molecule has 1 amide bonds. The van der Waals surface area contributed by atoms with Gasteiger partial charge in [-0.25, -0.2) is 0 Å². The SMILES string of the molecule is Cc1cc(C)cc(OCC(=O)Nc2nnc(-c3ccco3)s2)c1. The van der Waals surface area contributed by atoms with E-state index in [0.717, 1.165) is 11.1 Å². The summed E-state index contributed by atoms with van der Waals surface area (Å²) < 4.78 is 10.7. The van der Waals surface area contributed by atoms with E-state index < -0.39 is 0 Å². The number of amides is 1. The fraction of sp³-hybridized carbons (Fsp3) is 0.188. The summed E-state index contributed by atoms with van der Waals surface area (Å²) >= 11 is 1.24. The smallest absolute Gasteiger partial charge is 0.264 e. The zero-order valence-electron chi connectivity index (χ0n) is 12.7. The number of ether oxygens (including phenoxy) is 1. The second kappa shape index (κ2) is 6.62. The van der Waals surface area contributed by atoms with E-state index in [0.29, 0.717) is 21.6 Å². The van der Waals surface area contributed by atoms with Gasteiger partial charge in [0, 0.05) is 0 Å². The lowest BCUT2D eigenvalue weighted by atomic mass is 10.1. The Morgan fingerprint density at radius 2 is 2.04 bits per heavy atom. The Labute approximate surface area is 137 Å². The van der Waals surface area contributed by atoms with Crippen molar-refractivity contribution in [2.75, 3.05) is 11.9 Å². The van der Waals surface area contributed by atoms with Gasteiger partial charge >= 0.3 is 0 Å². The van der Waals surface area contributed by atoms with Crippen LogP contribution in [-0.4, -0.2) is 22.7 Å². The van der Waals surface area contributed by atoms with Crippen molar-refractivity contribution in [2.24, 2.45) is 0 Å². The van der Waals surface area contributed by atoms with Crippen molar-refractivity contribution in [3.63, 3.8) is 0 Å². The van der Waals surface area contributed by atoms with Gasteiger partial charge in [0.2, 0.25) is 5.13 Å². The van der Waals surface area contributed by atoms with Crippen LogP contribution in [0.1, 0.15) is 11.1 Å². The number of nitrogens with zero attached hydrogens (tertiary/aromatic N) is 2. The second-order valence-corrected chi connectivity index (χ2v) is 6.03. The van der Waals surface area contributed by atoms with E-state index in [1.807, 2.05) is 32.0 Å². The molecule has 0 aliphatic carbocycles. The average Bonchev–Trinajstić information content (AvgIpc) is 3.14. The van der Waals surface area contributed by atoms with Gasteiger partial charge in [-0.05, 0) is 49.2 Å². The maximum absolute atomic E-state index is 11.9. The molecule has 0 saturated heterocycles. The molecule has 0 spiro atoms. The van der Waals surface area contributed by atoms with E-state index in [2.05, 4.69) is 15.5 Å². The fourth-order valence-electron chi connectivity index (χ4n) is 2.09. The molecule has 0 aliphatic heterocycles. The highest BCUT2D eigenvalue weighted by molar-refractivity contribution is 7.18. The van der Waals surface area contributed by atoms with E-state index in [1.165, 1.54) is 11.3 Å². The largest absolute Gasteiger partial charge is 0.484 e. The van der Waals surface area contributed by atoms with Crippen LogP contribution in [0.2, 0.25) is 0 Å². The Kier molecular flexibility index (Phi) is 4.38. The van der Waals surface area contributed by atoms with Crippen molar-refractivity contribution in [3.05, 3.63) is 47.7 Å². The minimum atomic E-state index is -0.286. The number of furan rings is 1. The number of carbonyl (C=O) groups excluding carboxylic acids is 1. The second-order valence-electron chi connectivity index (χ2n) is 5.05. The number of benzene rings is 1. The Morgan fingerprint density at radius 1 is 1.26 bits per heavy atom. The zero-order chi connectivity index (χ0) is 16.2. The lowest BCUT2D eigenvalue weighted by Crippen LogP contribution is -2.20. The maximum atomic E-state index is 11.9. The molecule has 2 heterocycles. The van der Waals surface area contributed by atoms with Gasteiger partial charge in [-0.2, -0.15) is 0 Å². The number of nitrogens with one attached hydrogen (secondary N) is 1. The van der Waals surface area contributed by atoms with E-state index in [9.17, 15) is 4.79 Å². The molecule has 1 N–H and O–H groups in total. The first-order valence-corrected chi connectivity index (χ1v) is 7.80. The molecule has 0 saturated carbocycles. The normalized spacial score (nSPS) is 10.5. The fourth-order valence-corrected chi connectivity index (χ4v) is 2.82. The van der Waals surface area contributed by atoms with Crippen molar-refractivity contribution in [2.45, 2.75) is 13.8 Å². The molecule has 23 heavy (non-hydrogen) atoms. The van der Waals surface area contributed by atoms with E-state index in [1.54, 1.807) is 18.4 Å². The zero-order valence-corrected chi connectivity index (χ0v) is 13.5. The highest BCUT2D eigenvalue weighted by Crippen LogP contribution is 2.26. The number of aromatic nitrogens is 2. The van der Waals surface area contributed by atoms with Crippen LogP contribution in [0.4, 0.5) is 5.13 Å². The van der Waals surface area contributed by atoms with Crippen molar-refractivity contribution in [3.8, 4) is 16.5 Å². The Hall–Kier alpha value is -2.67. The van der Waals surface area contributed by atoms with E-state index in [-0.39, 0.29) is 12.5 Å². The summed E-state index contributed by atoms with van der Waals surface area (Å²) in [5, 5.41) is 11.6. The minimum Gasteiger partial charge on any atom is -0.484 e. The van der Waals surface area contributed by atoms with E-state index in [4.69, 9.17) is 9.15 Å². The van der Waals surface area contributed by atoms with Crippen LogP contribution in [-0.2, 0) is 4.79 Å². The van der Waals surface area contributed by atoms with Gasteiger partial charge in [0.05, 0.1) is 6.26 Å². The van der Waals surface area contributed by atoms with Crippen LogP contribution in [0.25, 0.3) is 10.8 Å². The lowest BCUT2D eigenvalue weighted by Gasteiger charge is -2.07. The van der Waals surface area contributed by atoms with Crippen LogP contribution in [0, 0.1) is 13.8 Å². The molecule has 0 radical (unpaired) electrons. The third kappa shape index (κ3) is 3.95. The summed E-state index contributed by atoms with van der Waals surface area (Å²) in [4.78, 5) is 11.9. The van der Waals surface area contributed by atoms with Gasteiger partial charge in [-0.3, -0.25) is 10.1 Å². The topological polar surface area (TPSA) is 77.2 Å². The van der Waals surface area contributed by atoms with Gasteiger partial charge in [-0.15, -0.1) is 10.2 Å². The summed E-state index contributed by atoms with van der Waals surface area (Å²) in [5.41, 5.74) is 2.18. The predicted octanol–water partition coefficient (Wildman–Crippen LogP) is 3.43. The van der Waals surface area contributed by atoms with Gasteiger partial charge in [0.1, 0.15) is 5.75 Å². The summed E-state index contributed by atoms with van der Waals surface area (Å²) in [7, 11) is 0. The summed E-state index contributed by atoms with van der Waals surface area (Å²) in [6.45, 7) is 3.88. The monoisotopic (exact) mass is 329 g/mol. The molecule has 0 fully saturated rings. The van der Waals surface area contributed by atoms with Crippen LogP contribution < -0.4 is 10.1 Å². The third-order valence-corrected chi connectivity index (χ3v) is 3.82. The number of aryl methyl sites for hydroxylation is 2. The number of rotatable bonds is 5. The molecule has 3 aromatic rings. The van der Waals surface area contributed by atoms with Crippen molar-refractivity contribution < 1.29 is 13.9 Å². The molecule has 118 valence electrons. The third-order valence-electron chi connectivity index (χ3n) is 2.97. The van der Waals surface area contributed by atoms with Crippen LogP contribution in [0.3, 0.4) is 0 Å². The highest BCUT2D eigenvalue weighted by Gasteiger charge is 2.11. The molecule has 7 heteroatoms.